The maximum atomic E-state index is 12.4. The van der Waals surface area contributed by atoms with Crippen LogP contribution >= 0.6 is 0 Å². The molecule has 7 nitrogen and oxygen atoms in total. The van der Waals surface area contributed by atoms with E-state index >= 15 is 0 Å². The minimum absolute atomic E-state index is 0.209. The van der Waals surface area contributed by atoms with E-state index in [1.807, 2.05) is 6.07 Å². The van der Waals surface area contributed by atoms with Crippen LogP contribution in [0.4, 0.5) is 11.4 Å². The fourth-order valence-electron chi connectivity index (χ4n) is 2.97. The van der Waals surface area contributed by atoms with Crippen LogP contribution in [0.3, 0.4) is 0 Å². The van der Waals surface area contributed by atoms with Crippen molar-refractivity contribution in [1.82, 2.24) is 5.32 Å². The predicted molar refractivity (Wildman–Crippen MR) is 87.6 cm³/mol. The quantitative estimate of drug-likeness (QED) is 0.742. The van der Waals surface area contributed by atoms with Gasteiger partial charge in [0.25, 0.3) is 5.91 Å². The Bertz CT molecular complexity index is 593. The first-order valence-corrected chi connectivity index (χ1v) is 7.97. The summed E-state index contributed by atoms with van der Waals surface area (Å²) in [5.74, 6) is -0.719. The lowest BCUT2D eigenvalue weighted by atomic mass is 10.1. The molecule has 2 heterocycles. The van der Waals surface area contributed by atoms with Crippen molar-refractivity contribution in [1.29, 1.82) is 0 Å². The second-order valence-electron chi connectivity index (χ2n) is 5.84. The number of benzene rings is 1. The highest BCUT2D eigenvalue weighted by atomic mass is 16.5. The van der Waals surface area contributed by atoms with Gasteiger partial charge in [0.1, 0.15) is 6.10 Å². The van der Waals surface area contributed by atoms with Crippen molar-refractivity contribution in [3.63, 3.8) is 0 Å². The summed E-state index contributed by atoms with van der Waals surface area (Å²) in [4.78, 5) is 26.0. The number of hydrogen-bond acceptors (Lipinski definition) is 5. The van der Waals surface area contributed by atoms with E-state index in [1.165, 1.54) is 0 Å². The van der Waals surface area contributed by atoms with Crippen LogP contribution in [0.5, 0.6) is 0 Å². The van der Waals surface area contributed by atoms with Crippen LogP contribution in [0.2, 0.25) is 0 Å². The Balaban J connectivity index is 1.83. The van der Waals surface area contributed by atoms with Gasteiger partial charge in [-0.15, -0.1) is 0 Å². The van der Waals surface area contributed by atoms with Crippen molar-refractivity contribution in [2.45, 2.75) is 18.9 Å². The fraction of sp³-hybridized carbons (Fsp3) is 0.500. The second-order valence-corrected chi connectivity index (χ2v) is 5.84. The van der Waals surface area contributed by atoms with E-state index in [9.17, 15) is 9.59 Å². The summed E-state index contributed by atoms with van der Waals surface area (Å²) < 4.78 is 5.48. The Kier molecular flexibility index (Phi) is 4.78. The summed E-state index contributed by atoms with van der Waals surface area (Å²) in [5.41, 5.74) is 7.27. The third-order valence-corrected chi connectivity index (χ3v) is 4.21. The van der Waals surface area contributed by atoms with Gasteiger partial charge in [0, 0.05) is 31.7 Å². The number of nitrogens with zero attached hydrogens (tertiary/aromatic N) is 1. The molecule has 0 bridgehead atoms. The molecule has 124 valence electrons. The Morgan fingerprint density at radius 1 is 1.30 bits per heavy atom. The third kappa shape index (κ3) is 3.62. The average Bonchev–Trinajstić information content (AvgIpc) is 3.09. The molecule has 2 saturated heterocycles. The second kappa shape index (κ2) is 6.97. The number of anilines is 2. The van der Waals surface area contributed by atoms with Crippen molar-refractivity contribution in [3.05, 3.63) is 23.8 Å². The van der Waals surface area contributed by atoms with Gasteiger partial charge in [-0.3, -0.25) is 9.59 Å². The minimum atomic E-state index is -0.521. The van der Waals surface area contributed by atoms with Crippen molar-refractivity contribution in [2.75, 3.05) is 43.0 Å². The van der Waals surface area contributed by atoms with E-state index in [1.54, 1.807) is 12.1 Å². The molecule has 23 heavy (non-hydrogen) atoms. The first-order valence-electron chi connectivity index (χ1n) is 7.97. The Morgan fingerprint density at radius 3 is 2.74 bits per heavy atom. The molecule has 2 aliphatic heterocycles. The topological polar surface area (TPSA) is 96.7 Å². The van der Waals surface area contributed by atoms with Crippen LogP contribution in [0, 0.1) is 0 Å². The SMILES string of the molecule is NC(=O)c1ccc(N2CCCC2)c(NC(=O)C2CNCCO2)c1. The molecule has 1 unspecified atom stereocenters. The normalized spacial score (nSPS) is 21.2. The van der Waals surface area contributed by atoms with Crippen molar-refractivity contribution in [2.24, 2.45) is 5.73 Å². The first-order chi connectivity index (χ1) is 11.1. The van der Waals surface area contributed by atoms with E-state index in [0.717, 1.165) is 38.2 Å². The minimum Gasteiger partial charge on any atom is -0.370 e. The molecule has 7 heteroatoms. The molecule has 0 aromatic heterocycles. The number of morpholine rings is 1. The van der Waals surface area contributed by atoms with Crippen molar-refractivity contribution < 1.29 is 14.3 Å². The summed E-state index contributed by atoms with van der Waals surface area (Å²) in [5, 5.41) is 6.03. The molecule has 0 aliphatic carbocycles. The van der Waals surface area contributed by atoms with Gasteiger partial charge >= 0.3 is 0 Å². The van der Waals surface area contributed by atoms with E-state index in [2.05, 4.69) is 15.5 Å². The van der Waals surface area contributed by atoms with E-state index in [4.69, 9.17) is 10.5 Å². The zero-order valence-corrected chi connectivity index (χ0v) is 13.0. The lowest BCUT2D eigenvalue weighted by molar-refractivity contribution is -0.128. The molecule has 0 saturated carbocycles. The number of primary amides is 1. The molecule has 2 fully saturated rings. The first kappa shape index (κ1) is 15.8. The summed E-state index contributed by atoms with van der Waals surface area (Å²) in [7, 11) is 0. The Morgan fingerprint density at radius 2 is 2.09 bits per heavy atom. The number of hydrogen-bond donors (Lipinski definition) is 3. The van der Waals surface area contributed by atoms with Crippen LogP contribution < -0.4 is 21.3 Å². The van der Waals surface area contributed by atoms with Crippen molar-refractivity contribution >= 4 is 23.2 Å². The van der Waals surface area contributed by atoms with Crippen LogP contribution in [0.15, 0.2) is 18.2 Å². The lowest BCUT2D eigenvalue weighted by Crippen LogP contribution is -2.45. The van der Waals surface area contributed by atoms with Gasteiger partial charge < -0.3 is 26.0 Å². The number of nitrogens with one attached hydrogen (secondary N) is 2. The molecular formula is C16H22N4O3. The Hall–Kier alpha value is -2.12. The van der Waals surface area contributed by atoms with Gasteiger partial charge in [-0.1, -0.05) is 0 Å². The zero-order valence-electron chi connectivity index (χ0n) is 13.0. The largest absolute Gasteiger partial charge is 0.370 e. The van der Waals surface area contributed by atoms with E-state index in [0.29, 0.717) is 24.4 Å². The molecule has 4 N–H and O–H groups in total. The van der Waals surface area contributed by atoms with Crippen LogP contribution in [0.25, 0.3) is 0 Å². The summed E-state index contributed by atoms with van der Waals surface area (Å²) in [6, 6.07) is 5.19. The van der Waals surface area contributed by atoms with E-state index in [-0.39, 0.29) is 5.91 Å². The monoisotopic (exact) mass is 318 g/mol. The van der Waals surface area contributed by atoms with Gasteiger partial charge in [0.05, 0.1) is 18.0 Å². The third-order valence-electron chi connectivity index (χ3n) is 4.21. The number of rotatable bonds is 4. The maximum Gasteiger partial charge on any atom is 0.254 e. The zero-order chi connectivity index (χ0) is 16.2. The molecule has 1 atom stereocenters. The van der Waals surface area contributed by atoms with Gasteiger partial charge in [-0.25, -0.2) is 0 Å². The number of nitrogens with two attached hydrogens (primary N) is 1. The molecule has 3 rings (SSSR count). The Labute approximate surface area is 135 Å². The summed E-state index contributed by atoms with van der Waals surface area (Å²) in [6.07, 6.45) is 1.73. The molecule has 1 aromatic rings. The van der Waals surface area contributed by atoms with Gasteiger partial charge in [0.2, 0.25) is 5.91 Å². The molecule has 0 spiro atoms. The number of carbonyl (C=O) groups is 2. The van der Waals surface area contributed by atoms with Crippen LogP contribution in [-0.4, -0.2) is 50.7 Å². The number of amides is 2. The smallest absolute Gasteiger partial charge is 0.254 e. The molecule has 2 aliphatic rings. The summed E-state index contributed by atoms with van der Waals surface area (Å²) >= 11 is 0. The number of carbonyl (C=O) groups excluding carboxylic acids is 2. The van der Waals surface area contributed by atoms with Crippen molar-refractivity contribution in [3.8, 4) is 0 Å². The molecule has 1 aromatic carbocycles. The predicted octanol–water partition coefficient (Wildman–Crippen LogP) is 0.313. The highest BCUT2D eigenvalue weighted by Crippen LogP contribution is 2.30. The van der Waals surface area contributed by atoms with Gasteiger partial charge in [-0.2, -0.15) is 0 Å². The maximum absolute atomic E-state index is 12.4. The molecule has 2 amide bonds. The molecule has 0 radical (unpaired) electrons. The lowest BCUT2D eigenvalue weighted by Gasteiger charge is -2.25. The summed E-state index contributed by atoms with van der Waals surface area (Å²) in [6.45, 7) is 3.64. The standard InChI is InChI=1S/C16H22N4O3/c17-15(21)11-3-4-13(20-6-1-2-7-20)12(9-11)19-16(22)14-10-18-5-8-23-14/h3-4,9,14,18H,1-2,5-8,10H2,(H2,17,21)(H,19,22). The van der Waals surface area contributed by atoms with Crippen LogP contribution in [0.1, 0.15) is 23.2 Å². The van der Waals surface area contributed by atoms with E-state index < -0.39 is 12.0 Å². The van der Waals surface area contributed by atoms with Gasteiger partial charge in [-0.05, 0) is 31.0 Å². The molecular weight excluding hydrogens is 296 g/mol. The highest BCUT2D eigenvalue weighted by Gasteiger charge is 2.24. The number of ether oxygens (including phenoxy) is 1. The average molecular weight is 318 g/mol. The van der Waals surface area contributed by atoms with Crippen LogP contribution in [-0.2, 0) is 9.53 Å². The fourth-order valence-corrected chi connectivity index (χ4v) is 2.97. The highest BCUT2D eigenvalue weighted by molar-refractivity contribution is 6.00. The van der Waals surface area contributed by atoms with Gasteiger partial charge in [0.15, 0.2) is 0 Å².